The number of pyridine rings is 1. The smallest absolute Gasteiger partial charge is 0.286 e. The number of carbonyl (C=O) groups is 2. The van der Waals surface area contributed by atoms with E-state index < -0.39 is 12.3 Å². The number of benzene rings is 1. The minimum absolute atomic E-state index is 0.158. The average molecular weight is 548 g/mol. The van der Waals surface area contributed by atoms with Crippen molar-refractivity contribution in [1.29, 1.82) is 0 Å². The number of anilines is 2. The van der Waals surface area contributed by atoms with Gasteiger partial charge in [0.05, 0.1) is 11.1 Å². The minimum atomic E-state index is -1.05. The molecule has 3 N–H and O–H groups in total. The van der Waals surface area contributed by atoms with E-state index in [0.717, 1.165) is 11.3 Å². The van der Waals surface area contributed by atoms with E-state index in [2.05, 4.69) is 36.2 Å². The lowest BCUT2D eigenvalue weighted by atomic mass is 10.1. The van der Waals surface area contributed by atoms with E-state index in [-0.39, 0.29) is 17.9 Å². The summed E-state index contributed by atoms with van der Waals surface area (Å²) in [5.74, 6) is 0.685. The summed E-state index contributed by atoms with van der Waals surface area (Å²) in [4.78, 5) is 41.8. The van der Waals surface area contributed by atoms with Gasteiger partial charge in [0.2, 0.25) is 5.91 Å². The lowest BCUT2D eigenvalue weighted by Gasteiger charge is -2.35. The summed E-state index contributed by atoms with van der Waals surface area (Å²) in [5, 5.41) is 3.48. The number of hydrogen-bond donors (Lipinski definition) is 2. The van der Waals surface area contributed by atoms with Gasteiger partial charge in [0, 0.05) is 11.6 Å². The molecule has 1 fully saturated rings. The Hall–Kier alpha value is -3.99. The number of nitrogens with zero attached hydrogens (tertiary/aromatic N) is 5. The average Bonchev–Trinajstić information content (AvgIpc) is 3.45. The van der Waals surface area contributed by atoms with Crippen molar-refractivity contribution in [2.75, 3.05) is 11.1 Å². The molecule has 0 radical (unpaired) electrons. The van der Waals surface area contributed by atoms with Crippen LogP contribution in [-0.2, 0) is 9.59 Å². The predicted molar refractivity (Wildman–Crippen MR) is 137 cm³/mol. The monoisotopic (exact) mass is 547 g/mol. The van der Waals surface area contributed by atoms with Crippen molar-refractivity contribution < 1.29 is 14.3 Å². The molecular formula is C25H22BrN7O3. The fourth-order valence-corrected chi connectivity index (χ4v) is 5.38. The standard InChI is InChI=1S/C25H22BrN7O3/c1-13-9-10-16(23(34)31-20-8-4-7-19(26)30-20)32(13)24(35)25-33-17(14-5-2-3-6-18(14)36-25)11-15-21(27)28-12-29-22(15)33/h2-8,11-13,16,25H,9-10H2,1H3,(H2,27,28,29)(H,30,31,34)/t13-,16+,25?/m0/s1. The summed E-state index contributed by atoms with van der Waals surface area (Å²) in [6.45, 7) is 1.94. The van der Waals surface area contributed by atoms with E-state index >= 15 is 0 Å². The topological polar surface area (TPSA) is 128 Å². The van der Waals surface area contributed by atoms with E-state index in [4.69, 9.17) is 10.5 Å². The van der Waals surface area contributed by atoms with Crippen molar-refractivity contribution in [3.05, 3.63) is 59.5 Å². The highest BCUT2D eigenvalue weighted by atomic mass is 79.9. The highest BCUT2D eigenvalue weighted by Crippen LogP contribution is 2.43. The first-order valence-electron chi connectivity index (χ1n) is 11.6. The Morgan fingerprint density at radius 3 is 2.81 bits per heavy atom. The van der Waals surface area contributed by atoms with Crippen molar-refractivity contribution in [2.24, 2.45) is 0 Å². The molecule has 1 aromatic carbocycles. The largest absolute Gasteiger partial charge is 0.460 e. The quantitative estimate of drug-likeness (QED) is 0.373. The highest BCUT2D eigenvalue weighted by molar-refractivity contribution is 9.10. The van der Waals surface area contributed by atoms with Crippen LogP contribution in [0.4, 0.5) is 11.6 Å². The second-order valence-electron chi connectivity index (χ2n) is 8.88. The number of likely N-dealkylation sites (tertiary alicyclic amines) is 1. The molecule has 2 amide bonds. The molecule has 0 bridgehead atoms. The number of fused-ring (bicyclic) bond motifs is 5. The first kappa shape index (κ1) is 22.5. The Morgan fingerprint density at radius 1 is 1.14 bits per heavy atom. The number of nitrogens with one attached hydrogen (secondary N) is 1. The lowest BCUT2D eigenvalue weighted by Crippen LogP contribution is -2.50. The molecule has 0 saturated carbocycles. The molecule has 6 rings (SSSR count). The number of amides is 2. The zero-order valence-electron chi connectivity index (χ0n) is 19.3. The van der Waals surface area contributed by atoms with Gasteiger partial charge in [0.1, 0.15) is 40.0 Å². The Balaban J connectivity index is 1.39. The zero-order valence-corrected chi connectivity index (χ0v) is 20.8. The molecular weight excluding hydrogens is 526 g/mol. The van der Waals surface area contributed by atoms with E-state index in [1.165, 1.54) is 6.33 Å². The van der Waals surface area contributed by atoms with Gasteiger partial charge in [-0.1, -0.05) is 18.2 Å². The Bertz CT molecular complexity index is 1520. The normalized spacial score (nSPS) is 20.5. The molecule has 3 atom stereocenters. The molecule has 11 heteroatoms. The third-order valence-corrected chi connectivity index (χ3v) is 7.14. The fourth-order valence-electron chi connectivity index (χ4n) is 5.04. The summed E-state index contributed by atoms with van der Waals surface area (Å²) in [7, 11) is 0. The van der Waals surface area contributed by atoms with Crippen molar-refractivity contribution in [2.45, 2.75) is 38.1 Å². The maximum Gasteiger partial charge on any atom is 0.286 e. The fraction of sp³-hybridized carbons (Fsp3) is 0.240. The number of hydrogen-bond acceptors (Lipinski definition) is 7. The van der Waals surface area contributed by atoms with Gasteiger partial charge in [-0.3, -0.25) is 14.2 Å². The van der Waals surface area contributed by atoms with Crippen LogP contribution in [0.15, 0.2) is 59.5 Å². The number of nitrogen functional groups attached to an aromatic ring is 1. The van der Waals surface area contributed by atoms with Gasteiger partial charge in [-0.15, -0.1) is 0 Å². The number of carbonyl (C=O) groups excluding carboxylic acids is 2. The third kappa shape index (κ3) is 3.58. The number of rotatable bonds is 3. The van der Waals surface area contributed by atoms with Crippen LogP contribution >= 0.6 is 15.9 Å². The summed E-state index contributed by atoms with van der Waals surface area (Å²) in [6.07, 6.45) is 1.53. The third-order valence-electron chi connectivity index (χ3n) is 6.70. The van der Waals surface area contributed by atoms with Crippen LogP contribution < -0.4 is 15.8 Å². The van der Waals surface area contributed by atoms with Gasteiger partial charge in [0.15, 0.2) is 0 Å². The van der Waals surface area contributed by atoms with Gasteiger partial charge >= 0.3 is 0 Å². The van der Waals surface area contributed by atoms with Crippen molar-refractivity contribution >= 4 is 50.4 Å². The van der Waals surface area contributed by atoms with Crippen LogP contribution in [0.25, 0.3) is 22.3 Å². The summed E-state index contributed by atoms with van der Waals surface area (Å²) < 4.78 is 8.62. The van der Waals surface area contributed by atoms with Crippen molar-refractivity contribution in [3.8, 4) is 17.0 Å². The van der Waals surface area contributed by atoms with E-state index in [1.54, 1.807) is 27.7 Å². The zero-order chi connectivity index (χ0) is 25.0. The molecule has 182 valence electrons. The molecule has 1 saturated heterocycles. The van der Waals surface area contributed by atoms with E-state index in [1.807, 2.05) is 37.3 Å². The molecule has 3 aromatic heterocycles. The van der Waals surface area contributed by atoms with Gasteiger partial charge in [-0.25, -0.2) is 15.0 Å². The maximum absolute atomic E-state index is 14.1. The summed E-state index contributed by atoms with van der Waals surface area (Å²) in [5.41, 5.74) is 8.21. The van der Waals surface area contributed by atoms with Gasteiger partial charge in [0.25, 0.3) is 12.1 Å². The number of para-hydroxylation sites is 1. The second-order valence-corrected chi connectivity index (χ2v) is 9.70. The number of nitrogens with two attached hydrogens (primary N) is 1. The van der Waals surface area contributed by atoms with Crippen molar-refractivity contribution in [1.82, 2.24) is 24.4 Å². The number of halogens is 1. The molecule has 2 aliphatic rings. The maximum atomic E-state index is 14.1. The van der Waals surface area contributed by atoms with Crippen LogP contribution in [0.2, 0.25) is 0 Å². The molecule has 2 aliphatic heterocycles. The minimum Gasteiger partial charge on any atom is -0.460 e. The number of aromatic nitrogens is 4. The van der Waals surface area contributed by atoms with Gasteiger partial charge in [-0.2, -0.15) is 0 Å². The predicted octanol–water partition coefficient (Wildman–Crippen LogP) is 3.75. The SMILES string of the molecule is C[C@H]1CC[C@H](C(=O)Nc2cccc(Br)n2)N1C(=O)C1Oc2ccccc2-c2cc3c(N)ncnc3n21. The molecule has 4 aromatic rings. The molecule has 5 heterocycles. The van der Waals surface area contributed by atoms with Gasteiger partial charge in [-0.05, 0) is 66.0 Å². The number of ether oxygens (including phenoxy) is 1. The molecule has 0 aliphatic carbocycles. The van der Waals surface area contributed by atoms with Crippen LogP contribution in [0.5, 0.6) is 5.75 Å². The lowest BCUT2D eigenvalue weighted by molar-refractivity contribution is -0.148. The van der Waals surface area contributed by atoms with Crippen LogP contribution in [0.1, 0.15) is 26.0 Å². The van der Waals surface area contributed by atoms with Crippen LogP contribution in [-0.4, -0.2) is 48.3 Å². The van der Waals surface area contributed by atoms with E-state index in [0.29, 0.717) is 45.9 Å². The Kier molecular flexibility index (Phi) is 5.36. The molecule has 36 heavy (non-hydrogen) atoms. The molecule has 10 nitrogen and oxygen atoms in total. The van der Waals surface area contributed by atoms with Crippen molar-refractivity contribution in [3.63, 3.8) is 0 Å². The molecule has 0 spiro atoms. The van der Waals surface area contributed by atoms with Crippen LogP contribution in [0, 0.1) is 0 Å². The second kappa shape index (κ2) is 8.59. The Morgan fingerprint density at radius 2 is 1.97 bits per heavy atom. The first-order chi connectivity index (χ1) is 17.4. The first-order valence-corrected chi connectivity index (χ1v) is 12.3. The summed E-state index contributed by atoms with van der Waals surface area (Å²) >= 11 is 3.32. The Labute approximate surface area is 214 Å². The highest BCUT2D eigenvalue weighted by Gasteiger charge is 2.45. The van der Waals surface area contributed by atoms with Gasteiger partial charge < -0.3 is 20.7 Å². The van der Waals surface area contributed by atoms with E-state index in [9.17, 15) is 9.59 Å². The van der Waals surface area contributed by atoms with Crippen LogP contribution in [0.3, 0.4) is 0 Å². The molecule has 1 unspecified atom stereocenters. The summed E-state index contributed by atoms with van der Waals surface area (Å²) in [6, 6.07) is 13.8.